The molecule has 138 valence electrons. The Morgan fingerprint density at radius 1 is 1.31 bits per heavy atom. The van der Waals surface area contributed by atoms with Crippen LogP contribution in [-0.2, 0) is 14.3 Å². The Labute approximate surface area is 153 Å². The molecule has 1 N–H and O–H groups in total. The van der Waals surface area contributed by atoms with Crippen molar-refractivity contribution >= 4 is 23.6 Å². The maximum Gasteiger partial charge on any atom is 0.330 e. The van der Waals surface area contributed by atoms with Crippen LogP contribution in [0, 0.1) is 25.2 Å². The van der Waals surface area contributed by atoms with Crippen molar-refractivity contribution in [2.45, 2.75) is 26.8 Å². The van der Waals surface area contributed by atoms with Crippen molar-refractivity contribution in [3.63, 3.8) is 0 Å². The van der Waals surface area contributed by atoms with Crippen molar-refractivity contribution in [3.05, 3.63) is 29.8 Å². The van der Waals surface area contributed by atoms with Gasteiger partial charge in [-0.1, -0.05) is 37.5 Å². The molecule has 0 saturated carbocycles. The Balaban J connectivity index is 1.97. The fourth-order valence-corrected chi connectivity index (χ4v) is 2.50. The van der Waals surface area contributed by atoms with Gasteiger partial charge >= 0.3 is 12.0 Å². The van der Waals surface area contributed by atoms with Crippen molar-refractivity contribution < 1.29 is 19.1 Å². The number of nitrogens with zero attached hydrogens (tertiary/aromatic N) is 2. The highest BCUT2D eigenvalue weighted by molar-refractivity contribution is 6.02. The Hall–Kier alpha value is -3.01. The summed E-state index contributed by atoms with van der Waals surface area (Å²) in [6.07, 6.45) is 5.17. The molecule has 0 radical (unpaired) electrons. The number of terminal acetylenes is 1. The van der Waals surface area contributed by atoms with Crippen LogP contribution >= 0.6 is 0 Å². The average molecular weight is 357 g/mol. The van der Waals surface area contributed by atoms with Crippen LogP contribution in [0.25, 0.3) is 0 Å². The lowest BCUT2D eigenvalue weighted by Crippen LogP contribution is -2.40. The van der Waals surface area contributed by atoms with Crippen molar-refractivity contribution in [2.75, 3.05) is 25.1 Å². The Bertz CT molecular complexity index is 721. The minimum absolute atomic E-state index is 0.0403. The van der Waals surface area contributed by atoms with Crippen LogP contribution in [0.3, 0.4) is 0 Å². The van der Waals surface area contributed by atoms with E-state index in [1.165, 1.54) is 4.90 Å². The van der Waals surface area contributed by atoms with Crippen LogP contribution in [0.2, 0.25) is 0 Å². The molecule has 1 aliphatic rings. The molecule has 1 fully saturated rings. The van der Waals surface area contributed by atoms with E-state index in [1.807, 2.05) is 45.0 Å². The topological polar surface area (TPSA) is 79.0 Å². The number of amides is 3. The van der Waals surface area contributed by atoms with Crippen LogP contribution in [0.1, 0.15) is 19.4 Å². The zero-order valence-corrected chi connectivity index (χ0v) is 15.2. The normalized spacial score (nSPS) is 15.2. The first-order valence-electron chi connectivity index (χ1n) is 8.36. The Morgan fingerprint density at radius 3 is 2.54 bits per heavy atom. The molecule has 0 spiro atoms. The van der Waals surface area contributed by atoms with Gasteiger partial charge in [0.15, 0.2) is 6.73 Å². The van der Waals surface area contributed by atoms with E-state index in [0.29, 0.717) is 0 Å². The highest BCUT2D eigenvalue weighted by atomic mass is 16.5. The van der Waals surface area contributed by atoms with Crippen molar-refractivity contribution in [3.8, 4) is 12.3 Å². The van der Waals surface area contributed by atoms with Crippen molar-refractivity contribution in [2.24, 2.45) is 5.92 Å². The summed E-state index contributed by atoms with van der Waals surface area (Å²) >= 11 is 0. The summed E-state index contributed by atoms with van der Waals surface area (Å²) < 4.78 is 5.22. The van der Waals surface area contributed by atoms with Gasteiger partial charge in [-0.05, 0) is 25.0 Å². The summed E-state index contributed by atoms with van der Waals surface area (Å²) in [7, 11) is 0. The first kappa shape index (κ1) is 19.3. The molecule has 7 nitrogen and oxygen atoms in total. The number of imide groups is 1. The molecule has 0 aliphatic carbocycles. The molecule has 1 atom stereocenters. The van der Waals surface area contributed by atoms with Crippen LogP contribution in [0.4, 0.5) is 10.5 Å². The lowest BCUT2D eigenvalue weighted by molar-refractivity contribution is -0.150. The molecule has 0 aromatic heterocycles. The molecule has 1 aromatic rings. The molecule has 1 heterocycles. The number of hydrogen-bond donors (Lipinski definition) is 1. The summed E-state index contributed by atoms with van der Waals surface area (Å²) in [6.45, 7) is 5.26. The fourth-order valence-electron chi connectivity index (χ4n) is 2.50. The molecule has 1 aromatic carbocycles. The van der Waals surface area contributed by atoms with Crippen molar-refractivity contribution in [1.29, 1.82) is 0 Å². The van der Waals surface area contributed by atoms with E-state index >= 15 is 0 Å². The number of carbonyl (C=O) groups excluding carboxylic acids is 3. The largest absolute Gasteiger partial charge is 0.442 e. The Morgan fingerprint density at radius 2 is 1.96 bits per heavy atom. The molecule has 26 heavy (non-hydrogen) atoms. The molecule has 2 rings (SSSR count). The second kappa shape index (κ2) is 8.39. The number of hydrogen-bond acceptors (Lipinski definition) is 5. The van der Waals surface area contributed by atoms with E-state index in [9.17, 15) is 14.4 Å². The second-order valence-corrected chi connectivity index (χ2v) is 6.49. The number of benzene rings is 1. The van der Waals surface area contributed by atoms with Crippen LogP contribution < -0.4 is 5.32 Å². The minimum Gasteiger partial charge on any atom is -0.442 e. The third kappa shape index (κ3) is 4.54. The molecule has 1 saturated heterocycles. The number of esters is 1. The minimum atomic E-state index is -0.604. The first-order chi connectivity index (χ1) is 12.3. The van der Waals surface area contributed by atoms with Gasteiger partial charge < -0.3 is 15.0 Å². The molecule has 7 heteroatoms. The van der Waals surface area contributed by atoms with E-state index in [2.05, 4.69) is 11.2 Å². The van der Waals surface area contributed by atoms with Gasteiger partial charge in [-0.3, -0.25) is 4.79 Å². The number of carbonyl (C=O) groups is 3. The SMILES string of the molecule is C#CCN1CC(=O)N(COC(=O)C(Nc2ccc(C)cc2)C(C)C)C1=O. The number of nitrogens with one attached hydrogen (secondary N) is 1. The number of ether oxygens (including phenoxy) is 1. The van der Waals surface area contributed by atoms with E-state index in [4.69, 9.17) is 11.2 Å². The zero-order valence-electron chi connectivity index (χ0n) is 15.2. The summed E-state index contributed by atoms with van der Waals surface area (Å²) in [5.74, 6) is 1.30. The highest BCUT2D eigenvalue weighted by Gasteiger charge is 2.36. The molecular formula is C19H23N3O4. The predicted octanol–water partition coefficient (Wildman–Crippen LogP) is 1.83. The summed E-state index contributed by atoms with van der Waals surface area (Å²) in [5.41, 5.74) is 1.90. The van der Waals surface area contributed by atoms with Gasteiger partial charge in [0, 0.05) is 5.69 Å². The predicted molar refractivity (Wildman–Crippen MR) is 97.0 cm³/mol. The van der Waals surface area contributed by atoms with Crippen molar-refractivity contribution in [1.82, 2.24) is 9.80 Å². The van der Waals surface area contributed by atoms with Gasteiger partial charge in [-0.15, -0.1) is 6.42 Å². The molecule has 1 unspecified atom stereocenters. The number of anilines is 1. The third-order valence-corrected chi connectivity index (χ3v) is 4.04. The second-order valence-electron chi connectivity index (χ2n) is 6.49. The van der Waals surface area contributed by atoms with E-state index in [-0.39, 0.29) is 19.0 Å². The average Bonchev–Trinajstić information content (AvgIpc) is 2.86. The fraction of sp³-hybridized carbons (Fsp3) is 0.421. The standard InChI is InChI=1S/C19H23N3O4/c1-5-10-21-11-16(23)22(19(21)25)12-26-18(24)17(13(2)3)20-15-8-6-14(4)7-9-15/h1,6-9,13,17,20H,10-12H2,2-4H3. The third-order valence-electron chi connectivity index (χ3n) is 4.04. The van der Waals surface area contributed by atoms with E-state index in [0.717, 1.165) is 16.2 Å². The lowest BCUT2D eigenvalue weighted by atomic mass is 10.0. The van der Waals surface area contributed by atoms with Crippen LogP contribution in [0.5, 0.6) is 0 Å². The van der Waals surface area contributed by atoms with Crippen LogP contribution in [0.15, 0.2) is 24.3 Å². The molecular weight excluding hydrogens is 334 g/mol. The van der Waals surface area contributed by atoms with Gasteiger partial charge in [0.2, 0.25) is 0 Å². The first-order valence-corrected chi connectivity index (χ1v) is 8.36. The highest BCUT2D eigenvalue weighted by Crippen LogP contribution is 2.16. The summed E-state index contributed by atoms with van der Waals surface area (Å²) in [5, 5.41) is 3.13. The molecule has 0 bridgehead atoms. The maximum atomic E-state index is 12.5. The molecule has 1 aliphatic heterocycles. The van der Waals surface area contributed by atoms with E-state index in [1.54, 1.807) is 0 Å². The number of rotatable bonds is 7. The monoisotopic (exact) mass is 357 g/mol. The van der Waals surface area contributed by atoms with Gasteiger partial charge in [0.25, 0.3) is 5.91 Å². The number of urea groups is 1. The zero-order chi connectivity index (χ0) is 19.3. The van der Waals surface area contributed by atoms with E-state index < -0.39 is 30.7 Å². The van der Waals surface area contributed by atoms with Gasteiger partial charge in [-0.2, -0.15) is 0 Å². The van der Waals surface area contributed by atoms with Gasteiger partial charge in [0.1, 0.15) is 12.6 Å². The maximum absolute atomic E-state index is 12.5. The van der Waals surface area contributed by atoms with Gasteiger partial charge in [-0.25, -0.2) is 14.5 Å². The summed E-state index contributed by atoms with van der Waals surface area (Å²) in [6, 6.07) is 6.48. The summed E-state index contributed by atoms with van der Waals surface area (Å²) in [4.78, 5) is 38.5. The Kier molecular flexibility index (Phi) is 6.23. The number of aryl methyl sites for hydroxylation is 1. The lowest BCUT2D eigenvalue weighted by Gasteiger charge is -2.23. The van der Waals surface area contributed by atoms with Crippen LogP contribution in [-0.4, -0.2) is 53.6 Å². The quantitative estimate of drug-likeness (QED) is 0.458. The van der Waals surface area contributed by atoms with Gasteiger partial charge in [0.05, 0.1) is 6.54 Å². The smallest absolute Gasteiger partial charge is 0.330 e. The molecule has 3 amide bonds.